The number of carbonyl (C=O) groups is 2. The molecular formula is C11H13N3O4. The van der Waals surface area contributed by atoms with Crippen molar-refractivity contribution in [2.45, 2.75) is 6.92 Å². The Balaban J connectivity index is 2.56. The molecule has 96 valence electrons. The van der Waals surface area contributed by atoms with Crippen LogP contribution in [0.15, 0.2) is 24.3 Å². The highest BCUT2D eigenvalue weighted by Crippen LogP contribution is 2.11. The van der Waals surface area contributed by atoms with Gasteiger partial charge in [0.1, 0.15) is 0 Å². The van der Waals surface area contributed by atoms with E-state index in [1.807, 2.05) is 0 Å². The topological polar surface area (TPSA) is 101 Å². The van der Waals surface area contributed by atoms with Crippen LogP contribution in [0, 0.1) is 10.1 Å². The van der Waals surface area contributed by atoms with Gasteiger partial charge in [0, 0.05) is 24.2 Å². The van der Waals surface area contributed by atoms with Gasteiger partial charge in [0.25, 0.3) is 11.6 Å². The first-order valence-corrected chi connectivity index (χ1v) is 5.34. The minimum atomic E-state index is -0.545. The number of nitrogens with one attached hydrogen (secondary N) is 2. The molecule has 0 saturated heterocycles. The third kappa shape index (κ3) is 3.85. The zero-order chi connectivity index (χ0) is 13.5. The lowest BCUT2D eigenvalue weighted by molar-refractivity contribution is -0.384. The highest BCUT2D eigenvalue weighted by Gasteiger charge is 2.10. The van der Waals surface area contributed by atoms with Gasteiger partial charge >= 0.3 is 0 Å². The fourth-order valence-electron chi connectivity index (χ4n) is 1.26. The van der Waals surface area contributed by atoms with Gasteiger partial charge in [-0.3, -0.25) is 19.7 Å². The van der Waals surface area contributed by atoms with Gasteiger partial charge in [0.15, 0.2) is 0 Å². The second kappa shape index (κ2) is 6.33. The number of nitro benzene ring substituents is 1. The van der Waals surface area contributed by atoms with E-state index in [2.05, 4.69) is 10.6 Å². The Morgan fingerprint density at radius 3 is 2.33 bits per heavy atom. The van der Waals surface area contributed by atoms with E-state index < -0.39 is 10.8 Å². The Morgan fingerprint density at radius 1 is 1.22 bits per heavy atom. The summed E-state index contributed by atoms with van der Waals surface area (Å²) in [5, 5.41) is 15.4. The maximum atomic E-state index is 11.6. The molecule has 0 aliphatic heterocycles. The van der Waals surface area contributed by atoms with Gasteiger partial charge in [-0.1, -0.05) is 0 Å². The first kappa shape index (κ1) is 13.6. The summed E-state index contributed by atoms with van der Waals surface area (Å²) in [6.45, 7) is 2.14. The Labute approximate surface area is 103 Å². The molecule has 2 amide bonds. The molecule has 7 heteroatoms. The highest BCUT2D eigenvalue weighted by molar-refractivity contribution is 5.96. The minimum absolute atomic E-state index is 0.0877. The molecule has 0 aromatic heterocycles. The van der Waals surface area contributed by atoms with Crippen LogP contribution in [0.2, 0.25) is 0 Å². The number of hydrogen-bond acceptors (Lipinski definition) is 4. The summed E-state index contributed by atoms with van der Waals surface area (Å²) < 4.78 is 0. The fraction of sp³-hybridized carbons (Fsp3) is 0.273. The lowest BCUT2D eigenvalue weighted by Gasteiger charge is -2.05. The van der Waals surface area contributed by atoms with Gasteiger partial charge < -0.3 is 10.6 Å². The van der Waals surface area contributed by atoms with Gasteiger partial charge in [-0.2, -0.15) is 0 Å². The summed E-state index contributed by atoms with van der Waals surface area (Å²) in [4.78, 5) is 32.6. The van der Waals surface area contributed by atoms with E-state index in [0.717, 1.165) is 0 Å². The normalized spacial score (nSPS) is 9.61. The first-order chi connectivity index (χ1) is 8.54. The number of nitrogens with zero attached hydrogens (tertiary/aromatic N) is 1. The SMILES string of the molecule is CCNC(=O)CNC(=O)c1ccc([N+](=O)[O-])cc1. The van der Waals surface area contributed by atoms with Crippen molar-refractivity contribution in [1.82, 2.24) is 10.6 Å². The van der Waals surface area contributed by atoms with Crippen LogP contribution in [-0.4, -0.2) is 29.8 Å². The van der Waals surface area contributed by atoms with Crippen molar-refractivity contribution in [1.29, 1.82) is 0 Å². The Kier molecular flexibility index (Phi) is 4.79. The standard InChI is InChI=1S/C11H13N3O4/c1-2-12-10(15)7-13-11(16)8-3-5-9(6-4-8)14(17)18/h3-6H,2,7H2,1H3,(H,12,15)(H,13,16). The van der Waals surface area contributed by atoms with Crippen LogP contribution in [-0.2, 0) is 4.79 Å². The number of amides is 2. The Bertz CT molecular complexity index is 456. The summed E-state index contributed by atoms with van der Waals surface area (Å²) in [6.07, 6.45) is 0. The van der Waals surface area contributed by atoms with E-state index >= 15 is 0 Å². The lowest BCUT2D eigenvalue weighted by Crippen LogP contribution is -2.36. The van der Waals surface area contributed by atoms with Crippen molar-refractivity contribution in [3.05, 3.63) is 39.9 Å². The van der Waals surface area contributed by atoms with Crippen LogP contribution in [0.4, 0.5) is 5.69 Å². The van der Waals surface area contributed by atoms with E-state index in [1.54, 1.807) is 6.92 Å². The van der Waals surface area contributed by atoms with Gasteiger partial charge in [-0.05, 0) is 19.1 Å². The molecule has 0 spiro atoms. The third-order valence-electron chi connectivity index (χ3n) is 2.12. The highest BCUT2D eigenvalue weighted by atomic mass is 16.6. The summed E-state index contributed by atoms with van der Waals surface area (Å²) in [5.74, 6) is -0.732. The molecule has 2 N–H and O–H groups in total. The van der Waals surface area contributed by atoms with Crippen LogP contribution < -0.4 is 10.6 Å². The molecule has 0 atom stereocenters. The Morgan fingerprint density at radius 2 is 1.83 bits per heavy atom. The van der Waals surface area contributed by atoms with E-state index in [9.17, 15) is 19.7 Å². The van der Waals surface area contributed by atoms with Gasteiger partial charge in [-0.25, -0.2) is 0 Å². The predicted molar refractivity (Wildman–Crippen MR) is 64.1 cm³/mol. The molecule has 0 aliphatic rings. The molecule has 0 bridgehead atoms. The smallest absolute Gasteiger partial charge is 0.269 e. The number of carbonyl (C=O) groups excluding carboxylic acids is 2. The summed E-state index contributed by atoms with van der Waals surface area (Å²) in [5.41, 5.74) is 0.181. The summed E-state index contributed by atoms with van der Waals surface area (Å²) >= 11 is 0. The van der Waals surface area contributed by atoms with E-state index in [4.69, 9.17) is 0 Å². The van der Waals surface area contributed by atoms with Crippen LogP contribution in [0.5, 0.6) is 0 Å². The van der Waals surface area contributed by atoms with Gasteiger partial charge in [0.05, 0.1) is 11.5 Å². The van der Waals surface area contributed by atoms with E-state index in [-0.39, 0.29) is 23.7 Å². The first-order valence-electron chi connectivity index (χ1n) is 5.34. The number of likely N-dealkylation sites (N-methyl/N-ethyl adjacent to an activating group) is 1. The van der Waals surface area contributed by atoms with Gasteiger partial charge in [-0.15, -0.1) is 0 Å². The van der Waals surface area contributed by atoms with Crippen LogP contribution in [0.3, 0.4) is 0 Å². The molecule has 1 rings (SSSR count). The number of rotatable bonds is 5. The Hall–Kier alpha value is -2.44. The molecule has 0 fully saturated rings. The monoisotopic (exact) mass is 251 g/mol. The second-order valence-corrected chi connectivity index (χ2v) is 3.44. The third-order valence-corrected chi connectivity index (χ3v) is 2.12. The van der Waals surface area contributed by atoms with Crippen LogP contribution in [0.25, 0.3) is 0 Å². The fourth-order valence-corrected chi connectivity index (χ4v) is 1.26. The van der Waals surface area contributed by atoms with Crippen molar-refractivity contribution >= 4 is 17.5 Å². The molecule has 0 saturated carbocycles. The number of hydrogen-bond donors (Lipinski definition) is 2. The molecule has 0 unspecified atom stereocenters. The number of non-ortho nitro benzene ring substituents is 1. The molecule has 0 radical (unpaired) electrons. The number of benzene rings is 1. The maximum Gasteiger partial charge on any atom is 0.269 e. The quantitative estimate of drug-likeness (QED) is 0.586. The number of nitro groups is 1. The minimum Gasteiger partial charge on any atom is -0.355 e. The molecule has 1 aromatic carbocycles. The summed E-state index contributed by atoms with van der Waals surface area (Å²) in [6, 6.07) is 5.15. The average molecular weight is 251 g/mol. The zero-order valence-electron chi connectivity index (χ0n) is 9.80. The molecule has 0 heterocycles. The summed E-state index contributed by atoms with van der Waals surface area (Å²) in [7, 11) is 0. The van der Waals surface area contributed by atoms with Crippen molar-refractivity contribution in [2.75, 3.05) is 13.1 Å². The van der Waals surface area contributed by atoms with E-state index in [0.29, 0.717) is 6.54 Å². The van der Waals surface area contributed by atoms with Crippen molar-refractivity contribution in [3.8, 4) is 0 Å². The van der Waals surface area contributed by atoms with Crippen molar-refractivity contribution in [3.63, 3.8) is 0 Å². The molecule has 7 nitrogen and oxygen atoms in total. The lowest BCUT2D eigenvalue weighted by atomic mass is 10.2. The van der Waals surface area contributed by atoms with Crippen LogP contribution in [0.1, 0.15) is 17.3 Å². The zero-order valence-corrected chi connectivity index (χ0v) is 9.80. The van der Waals surface area contributed by atoms with Crippen molar-refractivity contribution in [2.24, 2.45) is 0 Å². The largest absolute Gasteiger partial charge is 0.355 e. The average Bonchev–Trinajstić information content (AvgIpc) is 2.36. The molecule has 0 aliphatic carbocycles. The van der Waals surface area contributed by atoms with Gasteiger partial charge in [0.2, 0.25) is 5.91 Å². The molecule has 1 aromatic rings. The predicted octanol–water partition coefficient (Wildman–Crippen LogP) is 0.461. The molecule has 18 heavy (non-hydrogen) atoms. The second-order valence-electron chi connectivity index (χ2n) is 3.44. The van der Waals surface area contributed by atoms with Crippen LogP contribution >= 0.6 is 0 Å². The molecular weight excluding hydrogens is 238 g/mol. The van der Waals surface area contributed by atoms with Crippen molar-refractivity contribution < 1.29 is 14.5 Å². The van der Waals surface area contributed by atoms with E-state index in [1.165, 1.54) is 24.3 Å². The maximum absolute atomic E-state index is 11.6.